The lowest BCUT2D eigenvalue weighted by Crippen LogP contribution is -2.34. The van der Waals surface area contributed by atoms with Gasteiger partial charge in [0.15, 0.2) is 0 Å². The Hall–Kier alpha value is -1.97. The number of hydrogen-bond donors (Lipinski definition) is 3. The van der Waals surface area contributed by atoms with Gasteiger partial charge in [-0.15, -0.1) is 0 Å². The van der Waals surface area contributed by atoms with E-state index in [0.717, 1.165) is 30.5 Å². The second kappa shape index (κ2) is 3.80. The van der Waals surface area contributed by atoms with Crippen LogP contribution in [0, 0.1) is 0 Å². The average Bonchev–Trinajstić information content (AvgIpc) is 2.68. The van der Waals surface area contributed by atoms with E-state index in [1.165, 1.54) is 10.9 Å². The normalized spacial score (nSPS) is 18.9. The summed E-state index contributed by atoms with van der Waals surface area (Å²) in [6.07, 6.45) is 3.10. The van der Waals surface area contributed by atoms with Crippen molar-refractivity contribution in [1.82, 2.24) is 10.3 Å². The van der Waals surface area contributed by atoms with Crippen LogP contribution >= 0.6 is 0 Å². The number of rotatable bonds is 1. The van der Waals surface area contributed by atoms with Crippen LogP contribution in [0.4, 0.5) is 4.79 Å². The van der Waals surface area contributed by atoms with E-state index in [4.69, 9.17) is 5.73 Å². The standard InChI is InChI=1S/C13H15N3O/c14-13(17)16-11-7-3-5-9-8-4-1-2-6-10(8)15-12(9)11/h1-2,4,6,11,15H,3,5,7H2,(H3,14,16,17). The highest BCUT2D eigenvalue weighted by Crippen LogP contribution is 2.34. The Morgan fingerprint density at radius 2 is 2.24 bits per heavy atom. The van der Waals surface area contributed by atoms with Crippen molar-refractivity contribution < 1.29 is 4.79 Å². The van der Waals surface area contributed by atoms with E-state index in [0.29, 0.717) is 0 Å². The number of primary amides is 1. The van der Waals surface area contributed by atoms with Crippen LogP contribution in [0.1, 0.15) is 30.1 Å². The van der Waals surface area contributed by atoms with E-state index in [1.54, 1.807) is 0 Å². The van der Waals surface area contributed by atoms with Crippen LogP contribution < -0.4 is 11.1 Å². The summed E-state index contributed by atoms with van der Waals surface area (Å²) in [6, 6.07) is 7.82. The minimum absolute atomic E-state index is 0.0312. The fourth-order valence-electron chi connectivity index (χ4n) is 2.73. The number of urea groups is 1. The first kappa shape index (κ1) is 10.2. The summed E-state index contributed by atoms with van der Waals surface area (Å²) in [7, 11) is 0. The summed E-state index contributed by atoms with van der Waals surface area (Å²) in [5, 5.41) is 4.07. The molecule has 0 spiro atoms. The van der Waals surface area contributed by atoms with Crippen molar-refractivity contribution in [3.05, 3.63) is 35.5 Å². The zero-order valence-electron chi connectivity index (χ0n) is 9.49. The lowest BCUT2D eigenvalue weighted by atomic mass is 9.92. The largest absolute Gasteiger partial charge is 0.356 e. The molecule has 1 atom stereocenters. The number of amides is 2. The lowest BCUT2D eigenvalue weighted by molar-refractivity contribution is 0.243. The first-order valence-corrected chi connectivity index (χ1v) is 5.91. The number of aromatic nitrogens is 1. The Kier molecular flexibility index (Phi) is 2.28. The molecule has 0 saturated heterocycles. The lowest BCUT2D eigenvalue weighted by Gasteiger charge is -2.22. The third kappa shape index (κ3) is 1.65. The molecule has 4 nitrogen and oxygen atoms in total. The predicted molar refractivity (Wildman–Crippen MR) is 66.7 cm³/mol. The van der Waals surface area contributed by atoms with Gasteiger partial charge in [0.2, 0.25) is 0 Å². The summed E-state index contributed by atoms with van der Waals surface area (Å²) < 4.78 is 0. The molecule has 1 aliphatic carbocycles. The molecule has 0 aliphatic heterocycles. The average molecular weight is 229 g/mol. The van der Waals surface area contributed by atoms with Crippen LogP contribution in [-0.2, 0) is 6.42 Å². The first-order valence-electron chi connectivity index (χ1n) is 5.91. The Bertz CT molecular complexity index is 573. The molecule has 17 heavy (non-hydrogen) atoms. The highest BCUT2D eigenvalue weighted by atomic mass is 16.2. The van der Waals surface area contributed by atoms with Gasteiger partial charge in [0.25, 0.3) is 0 Å². The maximum Gasteiger partial charge on any atom is 0.312 e. The predicted octanol–water partition coefficient (Wildman–Crippen LogP) is 2.21. The number of carbonyl (C=O) groups excluding carboxylic acids is 1. The molecule has 1 aromatic heterocycles. The molecular weight excluding hydrogens is 214 g/mol. The zero-order chi connectivity index (χ0) is 11.8. The fraction of sp³-hybridized carbons (Fsp3) is 0.308. The van der Waals surface area contributed by atoms with E-state index in [-0.39, 0.29) is 6.04 Å². The monoisotopic (exact) mass is 229 g/mol. The van der Waals surface area contributed by atoms with E-state index in [9.17, 15) is 4.79 Å². The molecule has 4 heteroatoms. The maximum absolute atomic E-state index is 11.0. The summed E-state index contributed by atoms with van der Waals surface area (Å²) >= 11 is 0. The number of H-pyrrole nitrogens is 1. The Balaban J connectivity index is 2.10. The van der Waals surface area contributed by atoms with Gasteiger partial charge in [-0.3, -0.25) is 0 Å². The van der Waals surface area contributed by atoms with Crippen molar-refractivity contribution in [2.24, 2.45) is 5.73 Å². The molecule has 1 unspecified atom stereocenters. The van der Waals surface area contributed by atoms with Crippen LogP contribution in [0.25, 0.3) is 10.9 Å². The molecule has 1 aromatic carbocycles. The second-order valence-electron chi connectivity index (χ2n) is 4.52. The number of fused-ring (bicyclic) bond motifs is 3. The molecule has 3 rings (SSSR count). The van der Waals surface area contributed by atoms with Crippen molar-refractivity contribution in [3.63, 3.8) is 0 Å². The molecule has 1 heterocycles. The van der Waals surface area contributed by atoms with Crippen LogP contribution in [0.2, 0.25) is 0 Å². The number of hydrogen-bond acceptors (Lipinski definition) is 1. The van der Waals surface area contributed by atoms with Crippen molar-refractivity contribution in [2.45, 2.75) is 25.3 Å². The van der Waals surface area contributed by atoms with Gasteiger partial charge >= 0.3 is 6.03 Å². The summed E-state index contributed by atoms with van der Waals surface area (Å²) in [4.78, 5) is 14.4. The van der Waals surface area contributed by atoms with Crippen LogP contribution in [-0.4, -0.2) is 11.0 Å². The van der Waals surface area contributed by atoms with Crippen LogP contribution in [0.15, 0.2) is 24.3 Å². The number of aromatic amines is 1. The first-order chi connectivity index (χ1) is 8.25. The quantitative estimate of drug-likeness (QED) is 0.689. The third-order valence-corrected chi connectivity index (χ3v) is 3.43. The molecule has 2 aromatic rings. The van der Waals surface area contributed by atoms with Gasteiger partial charge in [0.1, 0.15) is 0 Å². The number of para-hydroxylation sites is 1. The van der Waals surface area contributed by atoms with Gasteiger partial charge in [-0.05, 0) is 30.9 Å². The Morgan fingerprint density at radius 3 is 3.06 bits per heavy atom. The van der Waals surface area contributed by atoms with Crippen molar-refractivity contribution in [3.8, 4) is 0 Å². The van der Waals surface area contributed by atoms with Crippen LogP contribution in [0.3, 0.4) is 0 Å². The van der Waals surface area contributed by atoms with Crippen LogP contribution in [0.5, 0.6) is 0 Å². The molecule has 0 radical (unpaired) electrons. The fourth-order valence-corrected chi connectivity index (χ4v) is 2.73. The molecular formula is C13H15N3O. The molecule has 0 saturated carbocycles. The summed E-state index contributed by atoms with van der Waals surface area (Å²) in [5.74, 6) is 0. The Morgan fingerprint density at radius 1 is 1.41 bits per heavy atom. The molecule has 88 valence electrons. The van der Waals surface area contributed by atoms with E-state index in [1.807, 2.05) is 12.1 Å². The topological polar surface area (TPSA) is 70.9 Å². The van der Waals surface area contributed by atoms with Gasteiger partial charge < -0.3 is 16.0 Å². The molecule has 2 amide bonds. The van der Waals surface area contributed by atoms with E-state index < -0.39 is 6.03 Å². The number of aryl methyl sites for hydroxylation is 1. The SMILES string of the molecule is NC(=O)NC1CCCc2c1[nH]c1ccccc21. The zero-order valence-corrected chi connectivity index (χ0v) is 9.49. The number of carbonyl (C=O) groups is 1. The van der Waals surface area contributed by atoms with Crippen molar-refractivity contribution in [2.75, 3.05) is 0 Å². The molecule has 0 bridgehead atoms. The highest BCUT2D eigenvalue weighted by Gasteiger charge is 2.24. The third-order valence-electron chi connectivity index (χ3n) is 3.43. The maximum atomic E-state index is 11.0. The summed E-state index contributed by atoms with van der Waals surface area (Å²) in [5.41, 5.74) is 8.79. The van der Waals surface area contributed by atoms with Gasteiger partial charge in [-0.25, -0.2) is 4.79 Å². The molecule has 1 aliphatic rings. The number of benzene rings is 1. The van der Waals surface area contributed by atoms with Gasteiger partial charge in [-0.2, -0.15) is 0 Å². The minimum atomic E-state index is -0.457. The summed E-state index contributed by atoms with van der Waals surface area (Å²) in [6.45, 7) is 0. The smallest absolute Gasteiger partial charge is 0.312 e. The minimum Gasteiger partial charge on any atom is -0.356 e. The molecule has 0 fully saturated rings. The number of nitrogens with one attached hydrogen (secondary N) is 2. The molecule has 4 N–H and O–H groups in total. The van der Waals surface area contributed by atoms with E-state index in [2.05, 4.69) is 22.4 Å². The Labute approximate surface area is 99.2 Å². The number of nitrogens with two attached hydrogens (primary N) is 1. The second-order valence-corrected chi connectivity index (χ2v) is 4.52. The van der Waals surface area contributed by atoms with Gasteiger partial charge in [-0.1, -0.05) is 18.2 Å². The van der Waals surface area contributed by atoms with Crippen molar-refractivity contribution in [1.29, 1.82) is 0 Å². The van der Waals surface area contributed by atoms with Gasteiger partial charge in [0, 0.05) is 16.6 Å². The van der Waals surface area contributed by atoms with E-state index >= 15 is 0 Å². The highest BCUT2D eigenvalue weighted by molar-refractivity contribution is 5.85. The van der Waals surface area contributed by atoms with Gasteiger partial charge in [0.05, 0.1) is 6.04 Å². The van der Waals surface area contributed by atoms with Crippen molar-refractivity contribution >= 4 is 16.9 Å².